The van der Waals surface area contributed by atoms with Gasteiger partial charge in [-0.05, 0) is 12.1 Å². The van der Waals surface area contributed by atoms with Gasteiger partial charge in [0.05, 0.1) is 0 Å². The Bertz CT molecular complexity index is 407. The second-order valence-corrected chi connectivity index (χ2v) is 4.12. The molecule has 0 fully saturated rings. The highest BCUT2D eigenvalue weighted by Gasteiger charge is 2.44. The highest BCUT2D eigenvalue weighted by molar-refractivity contribution is 9.10. The number of carboxylic acid groups (broad SMARTS) is 1. The molecule has 0 aromatic heterocycles. The first-order chi connectivity index (χ1) is 6.54. The molecule has 1 aromatic rings. The maximum absolute atomic E-state index is 11.0. The highest BCUT2D eigenvalue weighted by Crippen LogP contribution is 2.37. The standard InChI is InChI=1S/C9H8BrNO3/c10-5-1-2-6-7(3-5)14-4-9(6,11)8(12)13/h1-3H,4,11H2,(H,12,13)/t9-/m0/s1. The van der Waals surface area contributed by atoms with E-state index in [9.17, 15) is 4.79 Å². The number of aliphatic carboxylic acids is 1. The lowest BCUT2D eigenvalue weighted by Gasteiger charge is -2.15. The quantitative estimate of drug-likeness (QED) is 0.790. The van der Waals surface area contributed by atoms with Crippen molar-refractivity contribution in [3.05, 3.63) is 28.2 Å². The largest absolute Gasteiger partial charge is 0.490 e. The Morgan fingerprint density at radius 2 is 2.36 bits per heavy atom. The van der Waals surface area contributed by atoms with E-state index in [0.29, 0.717) is 11.3 Å². The maximum atomic E-state index is 11.0. The van der Waals surface area contributed by atoms with Crippen LogP contribution in [0.5, 0.6) is 5.75 Å². The third-order valence-corrected chi connectivity index (χ3v) is 2.75. The molecule has 0 radical (unpaired) electrons. The predicted octanol–water partition coefficient (Wildman–Crippen LogP) is 1.08. The average Bonchev–Trinajstić information content (AvgIpc) is 2.45. The molecule has 1 aromatic carbocycles. The molecule has 0 aliphatic carbocycles. The van der Waals surface area contributed by atoms with E-state index in [-0.39, 0.29) is 6.61 Å². The number of rotatable bonds is 1. The third-order valence-electron chi connectivity index (χ3n) is 2.26. The van der Waals surface area contributed by atoms with Crippen molar-refractivity contribution in [1.82, 2.24) is 0 Å². The fourth-order valence-corrected chi connectivity index (χ4v) is 1.77. The summed E-state index contributed by atoms with van der Waals surface area (Å²) in [6.07, 6.45) is 0. The minimum absolute atomic E-state index is 0.0197. The third kappa shape index (κ3) is 1.20. The second-order valence-electron chi connectivity index (χ2n) is 3.21. The van der Waals surface area contributed by atoms with Crippen molar-refractivity contribution < 1.29 is 14.6 Å². The summed E-state index contributed by atoms with van der Waals surface area (Å²) in [5.41, 5.74) is 4.84. The summed E-state index contributed by atoms with van der Waals surface area (Å²) in [4.78, 5) is 11.0. The van der Waals surface area contributed by atoms with E-state index < -0.39 is 11.5 Å². The van der Waals surface area contributed by atoms with Crippen LogP contribution in [0.4, 0.5) is 0 Å². The fraction of sp³-hybridized carbons (Fsp3) is 0.222. The molecule has 0 saturated carbocycles. The monoisotopic (exact) mass is 257 g/mol. The van der Waals surface area contributed by atoms with Gasteiger partial charge in [0, 0.05) is 10.0 Å². The lowest BCUT2D eigenvalue weighted by Crippen LogP contribution is -2.46. The van der Waals surface area contributed by atoms with Crippen molar-refractivity contribution in [2.75, 3.05) is 6.61 Å². The summed E-state index contributed by atoms with van der Waals surface area (Å²) < 4.78 is 6.06. The molecule has 1 aliphatic rings. The molecule has 74 valence electrons. The number of nitrogens with two attached hydrogens (primary N) is 1. The Morgan fingerprint density at radius 1 is 1.64 bits per heavy atom. The average molecular weight is 258 g/mol. The van der Waals surface area contributed by atoms with Crippen molar-refractivity contribution >= 4 is 21.9 Å². The van der Waals surface area contributed by atoms with Crippen LogP contribution in [-0.2, 0) is 10.3 Å². The minimum atomic E-state index is -1.41. The molecule has 0 amide bonds. The van der Waals surface area contributed by atoms with E-state index in [2.05, 4.69) is 15.9 Å². The Labute approximate surface area is 88.8 Å². The number of benzene rings is 1. The molecule has 0 unspecified atom stereocenters. The van der Waals surface area contributed by atoms with Gasteiger partial charge in [0.2, 0.25) is 0 Å². The molecule has 1 aliphatic heterocycles. The molecule has 4 nitrogen and oxygen atoms in total. The zero-order chi connectivity index (χ0) is 10.3. The second kappa shape index (κ2) is 2.96. The Kier molecular flexibility index (Phi) is 2.01. The van der Waals surface area contributed by atoms with E-state index in [4.69, 9.17) is 15.6 Å². The van der Waals surface area contributed by atoms with Crippen LogP contribution in [0.1, 0.15) is 5.56 Å². The van der Waals surface area contributed by atoms with E-state index in [1.165, 1.54) is 0 Å². The van der Waals surface area contributed by atoms with Gasteiger partial charge in [-0.2, -0.15) is 0 Å². The zero-order valence-electron chi connectivity index (χ0n) is 7.16. The Morgan fingerprint density at radius 3 is 3.00 bits per heavy atom. The number of hydrogen-bond acceptors (Lipinski definition) is 3. The van der Waals surface area contributed by atoms with Crippen molar-refractivity contribution in [1.29, 1.82) is 0 Å². The number of carbonyl (C=O) groups is 1. The first-order valence-corrected chi connectivity index (χ1v) is 4.78. The zero-order valence-corrected chi connectivity index (χ0v) is 8.74. The molecule has 2 rings (SSSR count). The molecular formula is C9H8BrNO3. The normalized spacial score (nSPS) is 24.1. The predicted molar refractivity (Wildman–Crippen MR) is 53.1 cm³/mol. The minimum Gasteiger partial charge on any atom is -0.490 e. The topological polar surface area (TPSA) is 72.6 Å². The fourth-order valence-electron chi connectivity index (χ4n) is 1.43. The maximum Gasteiger partial charge on any atom is 0.332 e. The molecule has 0 bridgehead atoms. The van der Waals surface area contributed by atoms with Crippen LogP contribution >= 0.6 is 15.9 Å². The van der Waals surface area contributed by atoms with E-state index in [1.807, 2.05) is 0 Å². The van der Waals surface area contributed by atoms with Gasteiger partial charge in [-0.25, -0.2) is 4.79 Å². The molecule has 3 N–H and O–H groups in total. The summed E-state index contributed by atoms with van der Waals surface area (Å²) in [5.74, 6) is -0.539. The number of fused-ring (bicyclic) bond motifs is 1. The van der Waals surface area contributed by atoms with Crippen molar-refractivity contribution in [3.63, 3.8) is 0 Å². The number of ether oxygens (including phenoxy) is 1. The summed E-state index contributed by atoms with van der Waals surface area (Å²) in [5, 5.41) is 8.97. The number of carboxylic acids is 1. The first kappa shape index (κ1) is 9.48. The molecule has 0 spiro atoms. The summed E-state index contributed by atoms with van der Waals surface area (Å²) >= 11 is 3.27. The van der Waals surface area contributed by atoms with Crippen molar-refractivity contribution in [2.24, 2.45) is 5.73 Å². The van der Waals surface area contributed by atoms with E-state index >= 15 is 0 Å². The van der Waals surface area contributed by atoms with Gasteiger partial charge in [-0.15, -0.1) is 0 Å². The SMILES string of the molecule is N[C@@]1(C(=O)O)COc2cc(Br)ccc21. The molecular weight excluding hydrogens is 250 g/mol. The Balaban J connectivity index is 2.55. The molecule has 14 heavy (non-hydrogen) atoms. The van der Waals surface area contributed by atoms with Crippen molar-refractivity contribution in [3.8, 4) is 5.75 Å². The van der Waals surface area contributed by atoms with Gasteiger partial charge < -0.3 is 15.6 Å². The summed E-state index contributed by atoms with van der Waals surface area (Å²) in [6.45, 7) is -0.0197. The molecule has 5 heteroatoms. The van der Waals surface area contributed by atoms with Crippen LogP contribution in [0.2, 0.25) is 0 Å². The molecule has 1 atom stereocenters. The Hall–Kier alpha value is -1.07. The van der Waals surface area contributed by atoms with Crippen LogP contribution < -0.4 is 10.5 Å². The smallest absolute Gasteiger partial charge is 0.332 e. The summed E-state index contributed by atoms with van der Waals surface area (Å²) in [7, 11) is 0. The number of halogens is 1. The van der Waals surface area contributed by atoms with Crippen LogP contribution in [0.3, 0.4) is 0 Å². The van der Waals surface area contributed by atoms with Gasteiger partial charge in [0.25, 0.3) is 0 Å². The van der Waals surface area contributed by atoms with Crippen molar-refractivity contribution in [2.45, 2.75) is 5.54 Å². The lowest BCUT2D eigenvalue weighted by atomic mass is 9.94. The summed E-state index contributed by atoms with van der Waals surface area (Å²) in [6, 6.07) is 5.13. The van der Waals surface area contributed by atoms with E-state index in [0.717, 1.165) is 4.47 Å². The first-order valence-electron chi connectivity index (χ1n) is 3.99. The number of hydrogen-bond donors (Lipinski definition) is 2. The van der Waals surface area contributed by atoms with Gasteiger partial charge >= 0.3 is 5.97 Å². The van der Waals surface area contributed by atoms with Gasteiger partial charge in [-0.1, -0.05) is 22.0 Å². The van der Waals surface area contributed by atoms with Crippen LogP contribution in [0.15, 0.2) is 22.7 Å². The van der Waals surface area contributed by atoms with Gasteiger partial charge in [0.15, 0.2) is 5.54 Å². The van der Waals surface area contributed by atoms with Crippen LogP contribution in [-0.4, -0.2) is 17.7 Å². The molecule has 0 saturated heterocycles. The lowest BCUT2D eigenvalue weighted by molar-refractivity contribution is -0.144. The van der Waals surface area contributed by atoms with Crippen LogP contribution in [0, 0.1) is 0 Å². The van der Waals surface area contributed by atoms with Crippen LogP contribution in [0.25, 0.3) is 0 Å². The van der Waals surface area contributed by atoms with E-state index in [1.54, 1.807) is 18.2 Å². The highest BCUT2D eigenvalue weighted by atomic mass is 79.9. The van der Waals surface area contributed by atoms with Gasteiger partial charge in [0.1, 0.15) is 12.4 Å². The van der Waals surface area contributed by atoms with Gasteiger partial charge in [-0.3, -0.25) is 0 Å². The molecule has 1 heterocycles.